The molecule has 0 aliphatic carbocycles. The van der Waals surface area contributed by atoms with Gasteiger partial charge < -0.3 is 10.2 Å². The first-order chi connectivity index (χ1) is 9.70. The van der Waals surface area contributed by atoms with Crippen LogP contribution in [0.4, 0.5) is 5.69 Å². The summed E-state index contributed by atoms with van der Waals surface area (Å²) in [7, 11) is 2.10. The van der Waals surface area contributed by atoms with E-state index in [1.807, 2.05) is 18.3 Å². The van der Waals surface area contributed by atoms with Gasteiger partial charge in [-0.25, -0.2) is 0 Å². The van der Waals surface area contributed by atoms with Crippen LogP contribution in [0.25, 0.3) is 0 Å². The summed E-state index contributed by atoms with van der Waals surface area (Å²) < 4.78 is 1.15. The largest absolute Gasteiger partial charge is 0.370 e. The van der Waals surface area contributed by atoms with Crippen molar-refractivity contribution in [3.05, 3.63) is 58.3 Å². The van der Waals surface area contributed by atoms with E-state index in [9.17, 15) is 0 Å². The molecular weight excluding hydrogens is 314 g/mol. The highest BCUT2D eigenvalue weighted by Gasteiger charge is 2.06. The molecule has 1 aromatic carbocycles. The van der Waals surface area contributed by atoms with Crippen LogP contribution in [-0.2, 0) is 13.1 Å². The lowest BCUT2D eigenvalue weighted by Crippen LogP contribution is -2.18. The molecule has 1 N–H and O–H groups in total. The molecule has 2 aromatic rings. The Hall–Kier alpha value is -1.39. The average Bonchev–Trinajstić information content (AvgIpc) is 2.48. The maximum Gasteiger partial charge on any atom is 0.0562 e. The number of benzene rings is 1. The van der Waals surface area contributed by atoms with Gasteiger partial charge in [0.1, 0.15) is 0 Å². The molecule has 20 heavy (non-hydrogen) atoms. The summed E-state index contributed by atoms with van der Waals surface area (Å²) in [5, 5.41) is 3.30. The number of pyridine rings is 1. The third kappa shape index (κ3) is 4.05. The van der Waals surface area contributed by atoms with Crippen molar-refractivity contribution in [2.45, 2.75) is 20.0 Å². The highest BCUT2D eigenvalue weighted by molar-refractivity contribution is 9.10. The lowest BCUT2D eigenvalue weighted by Gasteiger charge is -2.20. The number of hydrogen-bond donors (Lipinski definition) is 1. The minimum atomic E-state index is 0.813. The van der Waals surface area contributed by atoms with Crippen LogP contribution < -0.4 is 10.2 Å². The van der Waals surface area contributed by atoms with Crippen molar-refractivity contribution in [3.8, 4) is 0 Å². The van der Waals surface area contributed by atoms with Crippen LogP contribution in [-0.4, -0.2) is 18.6 Å². The maximum absolute atomic E-state index is 4.39. The summed E-state index contributed by atoms with van der Waals surface area (Å²) in [5.41, 5.74) is 3.53. The van der Waals surface area contributed by atoms with E-state index in [1.165, 1.54) is 11.3 Å². The van der Waals surface area contributed by atoms with E-state index in [1.54, 1.807) is 0 Å². The molecule has 1 aromatic heterocycles. The van der Waals surface area contributed by atoms with Gasteiger partial charge in [0.25, 0.3) is 0 Å². The summed E-state index contributed by atoms with van der Waals surface area (Å²) in [4.78, 5) is 6.62. The zero-order valence-electron chi connectivity index (χ0n) is 11.9. The van der Waals surface area contributed by atoms with Crippen LogP contribution in [0.5, 0.6) is 0 Å². The summed E-state index contributed by atoms with van der Waals surface area (Å²) in [6, 6.07) is 12.5. The Morgan fingerprint density at radius 1 is 1.25 bits per heavy atom. The molecule has 1 heterocycles. The number of nitrogens with zero attached hydrogens (tertiary/aromatic N) is 2. The highest BCUT2D eigenvalue weighted by atomic mass is 79.9. The van der Waals surface area contributed by atoms with E-state index in [2.05, 4.69) is 69.4 Å². The van der Waals surface area contributed by atoms with Crippen LogP contribution >= 0.6 is 15.9 Å². The number of aromatic nitrogens is 1. The molecule has 0 spiro atoms. The minimum absolute atomic E-state index is 0.813. The molecule has 0 fully saturated rings. The molecule has 0 bridgehead atoms. The fourth-order valence-corrected chi connectivity index (χ4v) is 2.44. The Morgan fingerprint density at radius 2 is 2.05 bits per heavy atom. The molecule has 0 atom stereocenters. The first-order valence-electron chi connectivity index (χ1n) is 6.81. The molecule has 3 nitrogen and oxygen atoms in total. The van der Waals surface area contributed by atoms with Crippen molar-refractivity contribution in [2.24, 2.45) is 0 Å². The first kappa shape index (κ1) is 15.0. The SMILES string of the molecule is CCNCc1cc(N(C)Cc2ccccc2Br)ccn1. The minimum Gasteiger partial charge on any atom is -0.370 e. The van der Waals surface area contributed by atoms with Crippen LogP contribution in [0, 0.1) is 0 Å². The van der Waals surface area contributed by atoms with Gasteiger partial charge in [-0.3, -0.25) is 4.98 Å². The van der Waals surface area contributed by atoms with Crippen LogP contribution in [0.3, 0.4) is 0 Å². The molecule has 0 aliphatic rings. The third-order valence-corrected chi connectivity index (χ3v) is 3.94. The Balaban J connectivity index is 2.09. The van der Waals surface area contributed by atoms with E-state index in [0.717, 1.165) is 29.8 Å². The Labute approximate surface area is 129 Å². The molecule has 0 saturated carbocycles. The molecule has 0 aliphatic heterocycles. The Kier molecular flexibility index (Phi) is 5.56. The van der Waals surface area contributed by atoms with Crippen LogP contribution in [0.15, 0.2) is 47.1 Å². The van der Waals surface area contributed by atoms with Crippen molar-refractivity contribution in [1.82, 2.24) is 10.3 Å². The second kappa shape index (κ2) is 7.41. The molecule has 0 radical (unpaired) electrons. The van der Waals surface area contributed by atoms with Crippen LogP contribution in [0.2, 0.25) is 0 Å². The van der Waals surface area contributed by atoms with Gasteiger partial charge in [-0.05, 0) is 30.3 Å². The van der Waals surface area contributed by atoms with E-state index < -0.39 is 0 Å². The quantitative estimate of drug-likeness (QED) is 0.875. The standard InChI is InChI=1S/C16H20BrN3/c1-3-18-11-14-10-15(8-9-19-14)20(2)12-13-6-4-5-7-16(13)17/h4-10,18H,3,11-12H2,1-2H3. The van der Waals surface area contributed by atoms with Gasteiger partial charge in [0.05, 0.1) is 5.69 Å². The number of nitrogens with one attached hydrogen (secondary N) is 1. The molecule has 0 unspecified atom stereocenters. The van der Waals surface area contributed by atoms with Gasteiger partial charge in [0, 0.05) is 36.5 Å². The summed E-state index contributed by atoms with van der Waals surface area (Å²) in [6.45, 7) is 4.74. The van der Waals surface area contributed by atoms with Gasteiger partial charge in [-0.2, -0.15) is 0 Å². The normalized spacial score (nSPS) is 10.6. The molecule has 2 rings (SSSR count). The second-order valence-corrected chi connectivity index (χ2v) is 5.59. The smallest absolute Gasteiger partial charge is 0.0562 e. The zero-order valence-corrected chi connectivity index (χ0v) is 13.5. The van der Waals surface area contributed by atoms with Gasteiger partial charge in [0.2, 0.25) is 0 Å². The van der Waals surface area contributed by atoms with Gasteiger partial charge in [-0.15, -0.1) is 0 Å². The fourth-order valence-electron chi connectivity index (χ4n) is 2.03. The predicted octanol–water partition coefficient (Wildman–Crippen LogP) is 3.59. The van der Waals surface area contributed by atoms with E-state index >= 15 is 0 Å². The second-order valence-electron chi connectivity index (χ2n) is 4.73. The van der Waals surface area contributed by atoms with Gasteiger partial charge in [-0.1, -0.05) is 41.1 Å². The first-order valence-corrected chi connectivity index (χ1v) is 7.60. The number of anilines is 1. The average molecular weight is 334 g/mol. The fraction of sp³-hybridized carbons (Fsp3) is 0.312. The van der Waals surface area contributed by atoms with Crippen molar-refractivity contribution in [1.29, 1.82) is 0 Å². The van der Waals surface area contributed by atoms with Crippen molar-refractivity contribution < 1.29 is 0 Å². The van der Waals surface area contributed by atoms with Gasteiger partial charge >= 0.3 is 0 Å². The number of halogens is 1. The van der Waals surface area contributed by atoms with Crippen molar-refractivity contribution in [3.63, 3.8) is 0 Å². The zero-order chi connectivity index (χ0) is 14.4. The molecule has 0 saturated heterocycles. The number of hydrogen-bond acceptors (Lipinski definition) is 3. The lowest BCUT2D eigenvalue weighted by atomic mass is 10.2. The Morgan fingerprint density at radius 3 is 2.80 bits per heavy atom. The highest BCUT2D eigenvalue weighted by Crippen LogP contribution is 2.21. The monoisotopic (exact) mass is 333 g/mol. The van der Waals surface area contributed by atoms with E-state index in [-0.39, 0.29) is 0 Å². The molecule has 0 amide bonds. The van der Waals surface area contributed by atoms with Crippen LogP contribution in [0.1, 0.15) is 18.2 Å². The molecule has 4 heteroatoms. The summed E-state index contributed by atoms with van der Waals surface area (Å²) >= 11 is 3.60. The maximum atomic E-state index is 4.39. The summed E-state index contributed by atoms with van der Waals surface area (Å²) in [5.74, 6) is 0. The third-order valence-electron chi connectivity index (χ3n) is 3.16. The predicted molar refractivity (Wildman–Crippen MR) is 87.9 cm³/mol. The molecular formula is C16H20BrN3. The van der Waals surface area contributed by atoms with Crippen molar-refractivity contribution in [2.75, 3.05) is 18.5 Å². The Bertz CT molecular complexity index is 557. The van der Waals surface area contributed by atoms with Gasteiger partial charge in [0.15, 0.2) is 0 Å². The lowest BCUT2D eigenvalue weighted by molar-refractivity contribution is 0.710. The molecule has 106 valence electrons. The number of rotatable bonds is 6. The van der Waals surface area contributed by atoms with E-state index in [0.29, 0.717) is 0 Å². The topological polar surface area (TPSA) is 28.2 Å². The van der Waals surface area contributed by atoms with Crippen molar-refractivity contribution >= 4 is 21.6 Å². The van der Waals surface area contributed by atoms with E-state index in [4.69, 9.17) is 0 Å². The summed E-state index contributed by atoms with van der Waals surface area (Å²) in [6.07, 6.45) is 1.87.